The Morgan fingerprint density at radius 1 is 1.38 bits per heavy atom. The predicted molar refractivity (Wildman–Crippen MR) is 96.0 cm³/mol. The van der Waals surface area contributed by atoms with Gasteiger partial charge in [-0.15, -0.1) is 0 Å². The molecule has 0 saturated heterocycles. The van der Waals surface area contributed by atoms with Crippen molar-refractivity contribution in [3.05, 3.63) is 23.8 Å². The van der Waals surface area contributed by atoms with E-state index in [1.807, 2.05) is 0 Å². The number of amides is 1. The van der Waals surface area contributed by atoms with Crippen LogP contribution in [0.1, 0.15) is 52.0 Å². The quantitative estimate of drug-likeness (QED) is 0.823. The molecule has 1 aromatic rings. The Bertz CT molecular complexity index is 556. The van der Waals surface area contributed by atoms with Gasteiger partial charge in [-0.1, -0.05) is 33.3 Å². The Hall–Kier alpha value is -1.71. The van der Waals surface area contributed by atoms with Crippen molar-refractivity contribution in [2.45, 2.75) is 53.0 Å². The number of rotatable bonds is 6. The van der Waals surface area contributed by atoms with Crippen LogP contribution in [0.25, 0.3) is 0 Å². The lowest BCUT2D eigenvalue weighted by atomic mass is 9.69. The fraction of sp³-hybridized carbons (Fsp3) is 0.650. The van der Waals surface area contributed by atoms with Gasteiger partial charge in [0.2, 0.25) is 5.91 Å². The number of hydrogen-bond acceptors (Lipinski definition) is 3. The third-order valence-electron chi connectivity index (χ3n) is 5.34. The van der Waals surface area contributed by atoms with Crippen LogP contribution >= 0.6 is 0 Å². The van der Waals surface area contributed by atoms with Crippen LogP contribution in [0.15, 0.2) is 18.2 Å². The van der Waals surface area contributed by atoms with E-state index in [4.69, 9.17) is 4.74 Å². The van der Waals surface area contributed by atoms with Crippen molar-refractivity contribution in [3.63, 3.8) is 0 Å². The molecule has 1 amide bonds. The van der Waals surface area contributed by atoms with Crippen LogP contribution in [0.3, 0.4) is 0 Å². The molecule has 1 aliphatic carbocycles. The summed E-state index contributed by atoms with van der Waals surface area (Å²) >= 11 is 0. The van der Waals surface area contributed by atoms with E-state index < -0.39 is 0 Å². The highest BCUT2D eigenvalue weighted by atomic mass is 16.5. The van der Waals surface area contributed by atoms with Gasteiger partial charge in [0.25, 0.3) is 0 Å². The van der Waals surface area contributed by atoms with E-state index in [0.717, 1.165) is 17.9 Å². The van der Waals surface area contributed by atoms with E-state index in [1.165, 1.54) is 20.0 Å². The topological polar surface area (TPSA) is 58.6 Å². The minimum atomic E-state index is 0.114. The van der Waals surface area contributed by atoms with E-state index in [9.17, 15) is 9.90 Å². The molecule has 1 aromatic carbocycles. The maximum atomic E-state index is 12.4. The molecule has 2 N–H and O–H groups in total. The molecule has 2 rings (SSSR count). The van der Waals surface area contributed by atoms with Crippen molar-refractivity contribution in [1.82, 2.24) is 5.32 Å². The summed E-state index contributed by atoms with van der Waals surface area (Å²) < 4.78 is 5.10. The van der Waals surface area contributed by atoms with E-state index in [1.54, 1.807) is 18.2 Å². The van der Waals surface area contributed by atoms with Gasteiger partial charge >= 0.3 is 0 Å². The van der Waals surface area contributed by atoms with Gasteiger partial charge in [-0.25, -0.2) is 0 Å². The summed E-state index contributed by atoms with van der Waals surface area (Å²) in [5, 5.41) is 12.6. The zero-order chi connectivity index (χ0) is 17.7. The molecular weight excluding hydrogens is 302 g/mol. The van der Waals surface area contributed by atoms with Gasteiger partial charge in [0.1, 0.15) is 0 Å². The molecule has 134 valence electrons. The predicted octanol–water partition coefficient (Wildman–Crippen LogP) is 4.12. The number of benzene rings is 1. The van der Waals surface area contributed by atoms with Crippen LogP contribution < -0.4 is 10.1 Å². The van der Waals surface area contributed by atoms with Gasteiger partial charge < -0.3 is 15.2 Å². The van der Waals surface area contributed by atoms with Gasteiger partial charge in [-0.2, -0.15) is 0 Å². The number of aromatic hydroxyl groups is 1. The molecule has 1 aliphatic rings. The lowest BCUT2D eigenvalue weighted by molar-refractivity contribution is -0.123. The minimum absolute atomic E-state index is 0.114. The highest BCUT2D eigenvalue weighted by molar-refractivity contribution is 5.76. The molecule has 1 fully saturated rings. The Morgan fingerprint density at radius 2 is 2.12 bits per heavy atom. The molecule has 3 unspecified atom stereocenters. The summed E-state index contributed by atoms with van der Waals surface area (Å²) in [6, 6.07) is 5.16. The molecule has 0 heterocycles. The van der Waals surface area contributed by atoms with E-state index >= 15 is 0 Å². The Labute approximate surface area is 145 Å². The molecule has 0 spiro atoms. The van der Waals surface area contributed by atoms with Crippen LogP contribution in [0.5, 0.6) is 11.5 Å². The van der Waals surface area contributed by atoms with E-state index in [2.05, 4.69) is 26.1 Å². The number of phenols is 1. The second kappa shape index (κ2) is 8.41. The van der Waals surface area contributed by atoms with Crippen molar-refractivity contribution >= 4 is 5.91 Å². The largest absolute Gasteiger partial charge is 0.504 e. The third-order valence-corrected chi connectivity index (χ3v) is 5.34. The molecule has 4 heteroatoms. The fourth-order valence-corrected chi connectivity index (χ4v) is 3.98. The van der Waals surface area contributed by atoms with Gasteiger partial charge in [-0.05, 0) is 54.2 Å². The molecule has 4 nitrogen and oxygen atoms in total. The first-order valence-electron chi connectivity index (χ1n) is 9.03. The molecular formula is C20H31NO3. The van der Waals surface area contributed by atoms with Crippen LogP contribution in [0.2, 0.25) is 0 Å². The van der Waals surface area contributed by atoms with E-state index in [-0.39, 0.29) is 11.7 Å². The van der Waals surface area contributed by atoms with Crippen molar-refractivity contribution in [2.75, 3.05) is 7.11 Å². The number of nitrogens with one attached hydrogen (secondary N) is 1. The molecule has 3 atom stereocenters. The molecule has 0 radical (unpaired) electrons. The average Bonchev–Trinajstić information content (AvgIpc) is 2.53. The summed E-state index contributed by atoms with van der Waals surface area (Å²) in [7, 11) is 1.52. The molecule has 24 heavy (non-hydrogen) atoms. The Balaban J connectivity index is 1.90. The molecule has 0 bridgehead atoms. The number of carbonyl (C=O) groups is 1. The lowest BCUT2D eigenvalue weighted by Gasteiger charge is -2.37. The second-order valence-electron chi connectivity index (χ2n) is 7.57. The average molecular weight is 333 g/mol. The highest BCUT2D eigenvalue weighted by Crippen LogP contribution is 2.39. The number of ether oxygens (including phenoxy) is 1. The Morgan fingerprint density at radius 3 is 2.79 bits per heavy atom. The molecule has 1 saturated carbocycles. The number of methoxy groups -OCH3 is 1. The minimum Gasteiger partial charge on any atom is -0.504 e. The third kappa shape index (κ3) is 4.89. The number of hydrogen-bond donors (Lipinski definition) is 2. The lowest BCUT2D eigenvalue weighted by Crippen LogP contribution is -2.33. The van der Waals surface area contributed by atoms with Crippen LogP contribution in [0.4, 0.5) is 0 Å². The monoisotopic (exact) mass is 333 g/mol. The second-order valence-corrected chi connectivity index (χ2v) is 7.57. The number of phenolic OH excluding ortho intramolecular Hbond substituents is 1. The first-order chi connectivity index (χ1) is 11.4. The van der Waals surface area contributed by atoms with Crippen molar-refractivity contribution in [3.8, 4) is 11.5 Å². The van der Waals surface area contributed by atoms with Crippen molar-refractivity contribution < 1.29 is 14.6 Å². The maximum Gasteiger partial charge on any atom is 0.220 e. The number of carbonyl (C=O) groups excluding carboxylic acids is 1. The SMILES string of the molecule is COc1cc(CNC(=O)CC2CC(C)CCC2C(C)C)ccc1O. The maximum absolute atomic E-state index is 12.4. The first kappa shape index (κ1) is 18.6. The summed E-state index contributed by atoms with van der Waals surface area (Å²) in [4.78, 5) is 12.4. The fourth-order valence-electron chi connectivity index (χ4n) is 3.98. The summed E-state index contributed by atoms with van der Waals surface area (Å²) in [6.07, 6.45) is 4.30. The van der Waals surface area contributed by atoms with Gasteiger partial charge in [-0.3, -0.25) is 4.79 Å². The molecule has 0 aromatic heterocycles. The van der Waals surface area contributed by atoms with Crippen molar-refractivity contribution in [2.24, 2.45) is 23.7 Å². The summed E-state index contributed by atoms with van der Waals surface area (Å²) in [5.41, 5.74) is 0.926. The highest BCUT2D eigenvalue weighted by Gasteiger charge is 2.31. The molecule has 0 aliphatic heterocycles. The smallest absolute Gasteiger partial charge is 0.220 e. The van der Waals surface area contributed by atoms with Crippen LogP contribution in [-0.2, 0) is 11.3 Å². The van der Waals surface area contributed by atoms with E-state index in [0.29, 0.717) is 36.5 Å². The summed E-state index contributed by atoms with van der Waals surface area (Å²) in [6.45, 7) is 7.30. The van der Waals surface area contributed by atoms with Gasteiger partial charge in [0, 0.05) is 13.0 Å². The van der Waals surface area contributed by atoms with Crippen LogP contribution in [0, 0.1) is 23.7 Å². The zero-order valence-corrected chi connectivity index (χ0v) is 15.3. The van der Waals surface area contributed by atoms with Gasteiger partial charge in [0.15, 0.2) is 11.5 Å². The normalized spacial score (nSPS) is 24.0. The van der Waals surface area contributed by atoms with Crippen LogP contribution in [-0.4, -0.2) is 18.1 Å². The Kier molecular flexibility index (Phi) is 6.52. The van der Waals surface area contributed by atoms with Crippen molar-refractivity contribution in [1.29, 1.82) is 0 Å². The summed E-state index contributed by atoms with van der Waals surface area (Å²) in [5.74, 6) is 3.16. The standard InChI is InChI=1S/C20H31NO3/c1-13(2)17-7-5-14(3)9-16(17)11-20(23)21-12-15-6-8-18(22)19(10-15)24-4/h6,8,10,13-14,16-17,22H,5,7,9,11-12H2,1-4H3,(H,21,23). The van der Waals surface area contributed by atoms with Gasteiger partial charge in [0.05, 0.1) is 7.11 Å². The zero-order valence-electron chi connectivity index (χ0n) is 15.3. The first-order valence-corrected chi connectivity index (χ1v) is 9.03.